The number of aromatic nitrogens is 1. The van der Waals surface area contributed by atoms with Gasteiger partial charge in [0.1, 0.15) is 0 Å². The molecule has 4 rings (SSSR count). The first-order valence-corrected chi connectivity index (χ1v) is 9.78. The van der Waals surface area contributed by atoms with Gasteiger partial charge in [0.25, 0.3) is 5.91 Å². The molecule has 5 heteroatoms. The normalized spacial score (nSPS) is 10.9. The van der Waals surface area contributed by atoms with Crippen molar-refractivity contribution in [3.05, 3.63) is 94.5 Å². The van der Waals surface area contributed by atoms with Crippen molar-refractivity contribution in [3.63, 3.8) is 0 Å². The number of benzene rings is 3. The van der Waals surface area contributed by atoms with E-state index in [1.807, 2.05) is 42.5 Å². The summed E-state index contributed by atoms with van der Waals surface area (Å²) in [6.07, 6.45) is 0. The predicted molar refractivity (Wildman–Crippen MR) is 113 cm³/mol. The fourth-order valence-corrected chi connectivity index (χ4v) is 4.06. The molecule has 3 nitrogen and oxygen atoms in total. The van der Waals surface area contributed by atoms with Crippen LogP contribution in [-0.2, 0) is 6.54 Å². The summed E-state index contributed by atoms with van der Waals surface area (Å²) in [6, 6.07) is 23.0. The Labute approximate surface area is 166 Å². The molecule has 1 aromatic heterocycles. The molecule has 0 radical (unpaired) electrons. The Kier molecular flexibility index (Phi) is 4.92. The van der Waals surface area contributed by atoms with E-state index in [9.17, 15) is 4.79 Å². The van der Waals surface area contributed by atoms with Crippen LogP contribution in [0.3, 0.4) is 0 Å². The molecular formula is C22H17ClN2OS. The van der Waals surface area contributed by atoms with Gasteiger partial charge in [0.05, 0.1) is 16.8 Å². The Bertz CT molecular complexity index is 1090. The van der Waals surface area contributed by atoms with Crippen molar-refractivity contribution in [1.29, 1.82) is 0 Å². The number of rotatable bonds is 4. The standard InChI is InChI=1S/C22H17ClN2OS/c1-15-7-12-19-20(13-15)27-22(24-19)25(14-16-5-3-2-4-6-16)21(26)17-8-10-18(23)11-9-17/h2-13H,14H2,1H3. The van der Waals surface area contributed by atoms with Crippen LogP contribution in [0.15, 0.2) is 72.8 Å². The molecule has 4 aromatic rings. The maximum absolute atomic E-state index is 13.3. The number of carbonyl (C=O) groups is 1. The minimum absolute atomic E-state index is 0.0914. The van der Waals surface area contributed by atoms with Crippen LogP contribution in [0.4, 0.5) is 5.13 Å². The molecule has 0 aliphatic heterocycles. The minimum atomic E-state index is -0.0914. The third kappa shape index (κ3) is 3.87. The molecule has 0 spiro atoms. The van der Waals surface area contributed by atoms with Crippen LogP contribution >= 0.6 is 22.9 Å². The molecule has 134 valence electrons. The fraction of sp³-hybridized carbons (Fsp3) is 0.0909. The second kappa shape index (κ2) is 7.51. The van der Waals surface area contributed by atoms with E-state index in [1.54, 1.807) is 29.2 Å². The summed E-state index contributed by atoms with van der Waals surface area (Å²) >= 11 is 7.51. The average Bonchev–Trinajstić information content (AvgIpc) is 3.10. The highest BCUT2D eigenvalue weighted by atomic mass is 35.5. The van der Waals surface area contributed by atoms with E-state index in [0.717, 1.165) is 15.8 Å². The van der Waals surface area contributed by atoms with Gasteiger partial charge in [0.2, 0.25) is 0 Å². The molecular weight excluding hydrogens is 376 g/mol. The van der Waals surface area contributed by atoms with E-state index < -0.39 is 0 Å². The van der Waals surface area contributed by atoms with Crippen LogP contribution in [-0.4, -0.2) is 10.9 Å². The van der Waals surface area contributed by atoms with Gasteiger partial charge in [0.15, 0.2) is 5.13 Å². The quantitative estimate of drug-likeness (QED) is 0.420. The van der Waals surface area contributed by atoms with E-state index in [-0.39, 0.29) is 5.91 Å². The van der Waals surface area contributed by atoms with Crippen LogP contribution in [0.5, 0.6) is 0 Å². The first kappa shape index (κ1) is 17.7. The van der Waals surface area contributed by atoms with Gasteiger partial charge in [-0.25, -0.2) is 4.98 Å². The van der Waals surface area contributed by atoms with Gasteiger partial charge in [-0.1, -0.05) is 59.3 Å². The molecule has 0 aliphatic carbocycles. The summed E-state index contributed by atoms with van der Waals surface area (Å²) in [5, 5.41) is 1.30. The first-order valence-electron chi connectivity index (χ1n) is 8.59. The zero-order valence-corrected chi connectivity index (χ0v) is 16.3. The monoisotopic (exact) mass is 392 g/mol. The lowest BCUT2D eigenvalue weighted by molar-refractivity contribution is 0.0985. The molecule has 1 amide bonds. The van der Waals surface area contributed by atoms with Crippen molar-refractivity contribution >= 4 is 44.2 Å². The number of anilines is 1. The average molecular weight is 393 g/mol. The van der Waals surface area contributed by atoms with Gasteiger partial charge < -0.3 is 0 Å². The molecule has 0 N–H and O–H groups in total. The largest absolute Gasteiger partial charge is 0.279 e. The summed E-state index contributed by atoms with van der Waals surface area (Å²) in [5.74, 6) is -0.0914. The summed E-state index contributed by atoms with van der Waals surface area (Å²) in [5.41, 5.74) is 3.72. The van der Waals surface area contributed by atoms with E-state index in [1.165, 1.54) is 16.9 Å². The van der Waals surface area contributed by atoms with Crippen molar-refractivity contribution in [2.45, 2.75) is 13.5 Å². The summed E-state index contributed by atoms with van der Waals surface area (Å²) < 4.78 is 1.08. The van der Waals surface area contributed by atoms with Crippen LogP contribution in [0, 0.1) is 6.92 Å². The number of thiazole rings is 1. The van der Waals surface area contributed by atoms with Crippen molar-refractivity contribution in [2.75, 3.05) is 4.90 Å². The first-order chi connectivity index (χ1) is 13.1. The van der Waals surface area contributed by atoms with Gasteiger partial charge in [-0.3, -0.25) is 9.69 Å². The van der Waals surface area contributed by atoms with Crippen LogP contribution in [0.1, 0.15) is 21.5 Å². The Morgan fingerprint density at radius 1 is 1.04 bits per heavy atom. The number of hydrogen-bond donors (Lipinski definition) is 0. The maximum atomic E-state index is 13.3. The highest BCUT2D eigenvalue weighted by Gasteiger charge is 2.21. The highest BCUT2D eigenvalue weighted by molar-refractivity contribution is 7.22. The number of nitrogens with zero attached hydrogens (tertiary/aromatic N) is 2. The van der Waals surface area contributed by atoms with E-state index in [0.29, 0.717) is 22.3 Å². The maximum Gasteiger partial charge on any atom is 0.260 e. The lowest BCUT2D eigenvalue weighted by Gasteiger charge is -2.20. The molecule has 1 heterocycles. The lowest BCUT2D eigenvalue weighted by atomic mass is 10.1. The van der Waals surface area contributed by atoms with E-state index in [2.05, 4.69) is 13.0 Å². The van der Waals surface area contributed by atoms with Gasteiger partial charge in [-0.2, -0.15) is 0 Å². The molecule has 0 fully saturated rings. The van der Waals surface area contributed by atoms with Crippen LogP contribution in [0.2, 0.25) is 5.02 Å². The molecule has 0 unspecified atom stereocenters. The van der Waals surface area contributed by atoms with E-state index >= 15 is 0 Å². The van der Waals surface area contributed by atoms with Crippen molar-refractivity contribution < 1.29 is 4.79 Å². The molecule has 27 heavy (non-hydrogen) atoms. The van der Waals surface area contributed by atoms with Crippen LogP contribution in [0.25, 0.3) is 10.2 Å². The third-order valence-electron chi connectivity index (χ3n) is 4.28. The topological polar surface area (TPSA) is 33.2 Å². The molecule has 0 saturated heterocycles. The summed E-state index contributed by atoms with van der Waals surface area (Å²) in [6.45, 7) is 2.51. The van der Waals surface area contributed by atoms with Gasteiger partial charge in [-0.15, -0.1) is 0 Å². The molecule has 0 atom stereocenters. The number of aryl methyl sites for hydroxylation is 1. The molecule has 0 aliphatic rings. The summed E-state index contributed by atoms with van der Waals surface area (Å²) in [7, 11) is 0. The Morgan fingerprint density at radius 3 is 2.52 bits per heavy atom. The molecule has 3 aromatic carbocycles. The zero-order valence-electron chi connectivity index (χ0n) is 14.7. The molecule has 0 saturated carbocycles. The third-order valence-corrected chi connectivity index (χ3v) is 5.58. The van der Waals surface area contributed by atoms with E-state index in [4.69, 9.17) is 16.6 Å². The number of fused-ring (bicyclic) bond motifs is 1. The predicted octanol–water partition coefficient (Wildman–Crippen LogP) is 6.11. The minimum Gasteiger partial charge on any atom is -0.279 e. The zero-order chi connectivity index (χ0) is 18.8. The van der Waals surface area contributed by atoms with Crippen molar-refractivity contribution in [2.24, 2.45) is 0 Å². The van der Waals surface area contributed by atoms with Crippen molar-refractivity contribution in [3.8, 4) is 0 Å². The van der Waals surface area contributed by atoms with Crippen LogP contribution < -0.4 is 4.90 Å². The smallest absolute Gasteiger partial charge is 0.260 e. The van der Waals surface area contributed by atoms with Gasteiger partial charge in [-0.05, 0) is 54.4 Å². The van der Waals surface area contributed by atoms with Crippen molar-refractivity contribution in [1.82, 2.24) is 4.98 Å². The lowest BCUT2D eigenvalue weighted by Crippen LogP contribution is -2.30. The Hall–Kier alpha value is -2.69. The number of amides is 1. The highest BCUT2D eigenvalue weighted by Crippen LogP contribution is 2.31. The fourth-order valence-electron chi connectivity index (χ4n) is 2.88. The second-order valence-corrected chi connectivity index (χ2v) is 7.80. The summed E-state index contributed by atoms with van der Waals surface area (Å²) in [4.78, 5) is 19.7. The second-order valence-electron chi connectivity index (χ2n) is 6.35. The Morgan fingerprint density at radius 2 is 1.78 bits per heavy atom. The number of carbonyl (C=O) groups excluding carboxylic acids is 1. The SMILES string of the molecule is Cc1ccc2nc(N(Cc3ccccc3)C(=O)c3ccc(Cl)cc3)sc2c1. The van der Waals surface area contributed by atoms with Gasteiger partial charge >= 0.3 is 0 Å². The number of hydrogen-bond acceptors (Lipinski definition) is 3. The number of halogens is 1. The molecule has 0 bridgehead atoms. The van der Waals surface area contributed by atoms with Gasteiger partial charge in [0, 0.05) is 10.6 Å². The Balaban J connectivity index is 1.76.